The maximum Gasteiger partial charge on any atom is 0.222 e. The monoisotopic (exact) mass is 360 g/mol. The zero-order chi connectivity index (χ0) is 18.6. The van der Waals surface area contributed by atoms with Crippen molar-refractivity contribution in [1.29, 1.82) is 0 Å². The summed E-state index contributed by atoms with van der Waals surface area (Å²) in [6.07, 6.45) is 4.46. The number of piperidine rings is 1. The van der Waals surface area contributed by atoms with Gasteiger partial charge in [0.1, 0.15) is 11.9 Å². The van der Waals surface area contributed by atoms with E-state index in [1.807, 2.05) is 48.4 Å². The summed E-state index contributed by atoms with van der Waals surface area (Å²) in [5, 5.41) is 1.14. The topological polar surface area (TPSA) is 42.4 Å². The summed E-state index contributed by atoms with van der Waals surface area (Å²) in [6, 6.07) is 18.5. The van der Waals surface area contributed by atoms with Crippen LogP contribution >= 0.6 is 0 Å². The lowest BCUT2D eigenvalue weighted by Crippen LogP contribution is -2.41. The lowest BCUT2D eigenvalue weighted by Gasteiger charge is -2.32. The number of rotatable bonds is 4. The zero-order valence-electron chi connectivity index (χ0n) is 15.6. The van der Waals surface area contributed by atoms with Crippen molar-refractivity contribution >= 4 is 16.8 Å². The molecule has 0 aliphatic carbocycles. The molecule has 0 bridgehead atoms. The first-order chi connectivity index (χ1) is 13.2. The summed E-state index contributed by atoms with van der Waals surface area (Å²) in [6.45, 7) is 3.49. The number of amides is 1. The Kier molecular flexibility index (Phi) is 5.05. The zero-order valence-corrected chi connectivity index (χ0v) is 15.6. The normalized spacial score (nSPS) is 15.1. The van der Waals surface area contributed by atoms with Crippen molar-refractivity contribution in [3.05, 3.63) is 60.8 Å². The number of para-hydroxylation sites is 1. The molecule has 1 aliphatic heterocycles. The van der Waals surface area contributed by atoms with Crippen LogP contribution in [0.3, 0.4) is 0 Å². The molecule has 4 nitrogen and oxygen atoms in total. The predicted molar refractivity (Wildman–Crippen MR) is 108 cm³/mol. The maximum atomic E-state index is 11.8. The van der Waals surface area contributed by atoms with E-state index in [1.54, 1.807) is 0 Å². The number of ether oxygens (including phenoxy) is 1. The molecular formula is C23H24N2O2. The summed E-state index contributed by atoms with van der Waals surface area (Å²) in [5.41, 5.74) is 3.24. The summed E-state index contributed by atoms with van der Waals surface area (Å²) in [4.78, 5) is 18.2. The van der Waals surface area contributed by atoms with Gasteiger partial charge in [0.05, 0.1) is 5.52 Å². The van der Waals surface area contributed by atoms with Crippen LogP contribution in [0, 0.1) is 0 Å². The van der Waals surface area contributed by atoms with Gasteiger partial charge in [0, 0.05) is 49.5 Å². The second-order valence-corrected chi connectivity index (χ2v) is 6.99. The molecule has 1 amide bonds. The molecule has 4 rings (SSSR count). The van der Waals surface area contributed by atoms with Crippen LogP contribution < -0.4 is 4.74 Å². The molecule has 1 aliphatic rings. The number of carbonyl (C=O) groups excluding carboxylic acids is 1. The summed E-state index contributed by atoms with van der Waals surface area (Å²) in [5.74, 6) is 1.12. The molecule has 0 saturated carbocycles. The second kappa shape index (κ2) is 7.78. The van der Waals surface area contributed by atoms with Crippen LogP contribution in [0.4, 0.5) is 0 Å². The number of likely N-dealkylation sites (tertiary alicyclic amines) is 1. The van der Waals surface area contributed by atoms with E-state index in [9.17, 15) is 4.79 Å². The largest absolute Gasteiger partial charge is 0.490 e. The number of fused-ring (bicyclic) bond motifs is 1. The molecule has 138 valence electrons. The molecule has 3 aromatic rings. The van der Waals surface area contributed by atoms with Crippen LogP contribution in [0.25, 0.3) is 22.0 Å². The van der Waals surface area contributed by atoms with Gasteiger partial charge in [0.25, 0.3) is 0 Å². The smallest absolute Gasteiger partial charge is 0.222 e. The standard InChI is InChI=1S/C23H24N2O2/c1-2-23(26)25-13-11-21(12-14-25)27-20-9-7-17(8-10-20)19-15-18-5-3-4-6-22(18)24-16-19/h3-10,15-16,21H,2,11-14H2,1H3. The van der Waals surface area contributed by atoms with E-state index in [0.29, 0.717) is 6.42 Å². The fraction of sp³-hybridized carbons (Fsp3) is 0.304. The first-order valence-corrected chi connectivity index (χ1v) is 9.62. The molecule has 0 unspecified atom stereocenters. The van der Waals surface area contributed by atoms with Crippen molar-refractivity contribution in [3.63, 3.8) is 0 Å². The van der Waals surface area contributed by atoms with Crippen LogP contribution in [0.5, 0.6) is 5.75 Å². The van der Waals surface area contributed by atoms with Crippen molar-refractivity contribution in [2.75, 3.05) is 13.1 Å². The van der Waals surface area contributed by atoms with Crippen LogP contribution in [0.2, 0.25) is 0 Å². The Labute approximate surface area is 159 Å². The molecule has 4 heteroatoms. The Balaban J connectivity index is 1.41. The Hall–Kier alpha value is -2.88. The molecule has 2 aromatic carbocycles. The van der Waals surface area contributed by atoms with Gasteiger partial charge in [-0.25, -0.2) is 0 Å². The molecule has 0 N–H and O–H groups in total. The molecule has 1 aromatic heterocycles. The van der Waals surface area contributed by atoms with E-state index in [2.05, 4.69) is 29.2 Å². The molecule has 0 atom stereocenters. The van der Waals surface area contributed by atoms with Gasteiger partial charge in [-0.15, -0.1) is 0 Å². The van der Waals surface area contributed by atoms with E-state index < -0.39 is 0 Å². The number of pyridine rings is 1. The minimum absolute atomic E-state index is 0.180. The third-order valence-corrected chi connectivity index (χ3v) is 5.18. The predicted octanol–water partition coefficient (Wildman–Crippen LogP) is 4.68. The van der Waals surface area contributed by atoms with Gasteiger partial charge in [0.2, 0.25) is 5.91 Å². The molecular weight excluding hydrogens is 336 g/mol. The number of nitrogens with zero attached hydrogens (tertiary/aromatic N) is 2. The van der Waals surface area contributed by atoms with Crippen LogP contribution in [-0.2, 0) is 4.79 Å². The summed E-state index contributed by atoms with van der Waals surface area (Å²) >= 11 is 0. The summed E-state index contributed by atoms with van der Waals surface area (Å²) in [7, 11) is 0. The SMILES string of the molecule is CCC(=O)N1CCC(Oc2ccc(-c3cnc4ccccc4c3)cc2)CC1. The van der Waals surface area contributed by atoms with Gasteiger partial charge in [-0.2, -0.15) is 0 Å². The van der Waals surface area contributed by atoms with Gasteiger partial charge in [-0.05, 0) is 29.8 Å². The fourth-order valence-electron chi connectivity index (χ4n) is 3.59. The average molecular weight is 360 g/mol. The first-order valence-electron chi connectivity index (χ1n) is 9.62. The van der Waals surface area contributed by atoms with E-state index in [1.165, 1.54) is 0 Å². The maximum absolute atomic E-state index is 11.8. The number of carbonyl (C=O) groups is 1. The lowest BCUT2D eigenvalue weighted by atomic mass is 10.0. The minimum Gasteiger partial charge on any atom is -0.490 e. The summed E-state index contributed by atoms with van der Waals surface area (Å²) < 4.78 is 6.12. The molecule has 2 heterocycles. The average Bonchev–Trinajstić information content (AvgIpc) is 2.74. The van der Waals surface area contributed by atoms with Crippen LogP contribution in [0.1, 0.15) is 26.2 Å². The highest BCUT2D eigenvalue weighted by atomic mass is 16.5. The quantitative estimate of drug-likeness (QED) is 0.678. The van der Waals surface area contributed by atoms with Gasteiger partial charge in [-0.1, -0.05) is 37.3 Å². The highest BCUT2D eigenvalue weighted by Gasteiger charge is 2.22. The van der Waals surface area contributed by atoms with Gasteiger partial charge in [-0.3, -0.25) is 9.78 Å². The Morgan fingerprint density at radius 2 is 1.81 bits per heavy atom. The van der Waals surface area contributed by atoms with Gasteiger partial charge >= 0.3 is 0 Å². The van der Waals surface area contributed by atoms with Gasteiger partial charge < -0.3 is 9.64 Å². The molecule has 1 fully saturated rings. The van der Waals surface area contributed by atoms with E-state index >= 15 is 0 Å². The Bertz CT molecular complexity index is 929. The molecule has 0 spiro atoms. The number of hydrogen-bond acceptors (Lipinski definition) is 3. The number of hydrogen-bond donors (Lipinski definition) is 0. The molecule has 27 heavy (non-hydrogen) atoms. The van der Waals surface area contributed by atoms with Crippen LogP contribution in [-0.4, -0.2) is 35.0 Å². The van der Waals surface area contributed by atoms with Gasteiger partial charge in [0.15, 0.2) is 0 Å². The first kappa shape index (κ1) is 17.5. The fourth-order valence-corrected chi connectivity index (χ4v) is 3.59. The Morgan fingerprint density at radius 1 is 1.07 bits per heavy atom. The second-order valence-electron chi connectivity index (χ2n) is 6.99. The Morgan fingerprint density at radius 3 is 2.56 bits per heavy atom. The van der Waals surface area contributed by atoms with Crippen molar-refractivity contribution in [2.24, 2.45) is 0 Å². The third-order valence-electron chi connectivity index (χ3n) is 5.18. The minimum atomic E-state index is 0.180. The van der Waals surface area contributed by atoms with Crippen molar-refractivity contribution < 1.29 is 9.53 Å². The highest BCUT2D eigenvalue weighted by molar-refractivity contribution is 5.83. The number of aromatic nitrogens is 1. The van der Waals surface area contributed by atoms with E-state index in [0.717, 1.165) is 53.7 Å². The van der Waals surface area contributed by atoms with E-state index in [-0.39, 0.29) is 12.0 Å². The van der Waals surface area contributed by atoms with Crippen molar-refractivity contribution in [1.82, 2.24) is 9.88 Å². The third kappa shape index (κ3) is 3.95. The lowest BCUT2D eigenvalue weighted by molar-refractivity contribution is -0.132. The van der Waals surface area contributed by atoms with Crippen LogP contribution in [0.15, 0.2) is 60.8 Å². The number of benzene rings is 2. The van der Waals surface area contributed by atoms with Crippen molar-refractivity contribution in [2.45, 2.75) is 32.3 Å². The molecule has 0 radical (unpaired) electrons. The van der Waals surface area contributed by atoms with Crippen molar-refractivity contribution in [3.8, 4) is 16.9 Å². The highest BCUT2D eigenvalue weighted by Crippen LogP contribution is 2.26. The van der Waals surface area contributed by atoms with E-state index in [4.69, 9.17) is 4.74 Å². The molecule has 1 saturated heterocycles.